The third kappa shape index (κ3) is 4.08. The van der Waals surface area contributed by atoms with Gasteiger partial charge in [0, 0.05) is 25.2 Å². The molecule has 0 unspecified atom stereocenters. The summed E-state index contributed by atoms with van der Waals surface area (Å²) < 4.78 is 28.0. The van der Waals surface area contributed by atoms with Gasteiger partial charge in [-0.1, -0.05) is 36.4 Å². The van der Waals surface area contributed by atoms with Crippen LogP contribution in [0.3, 0.4) is 0 Å². The standard InChI is InChI=1S/C19H22N2O3S/c1-15-9-10-17(19(22)21-11-5-6-12-21)13-18(15)25(23,24)20-14-16-7-3-2-4-8-16/h2-4,7-10,13,20H,5-6,11-12,14H2,1H3. The molecule has 1 amide bonds. The summed E-state index contributed by atoms with van der Waals surface area (Å²) in [5.74, 6) is -0.1000. The Labute approximate surface area is 148 Å². The monoisotopic (exact) mass is 358 g/mol. The van der Waals surface area contributed by atoms with Crippen molar-refractivity contribution in [1.29, 1.82) is 0 Å². The van der Waals surface area contributed by atoms with Crippen LogP contribution in [-0.2, 0) is 16.6 Å². The number of likely N-dealkylation sites (tertiary alicyclic amines) is 1. The summed E-state index contributed by atoms with van der Waals surface area (Å²) in [6.07, 6.45) is 2.00. The zero-order valence-electron chi connectivity index (χ0n) is 14.2. The Morgan fingerprint density at radius 3 is 2.44 bits per heavy atom. The molecule has 0 spiro atoms. The van der Waals surface area contributed by atoms with Crippen molar-refractivity contribution in [1.82, 2.24) is 9.62 Å². The van der Waals surface area contributed by atoms with Crippen molar-refractivity contribution < 1.29 is 13.2 Å². The second-order valence-electron chi connectivity index (χ2n) is 6.29. The minimum atomic E-state index is -3.69. The van der Waals surface area contributed by atoms with Crippen molar-refractivity contribution in [2.45, 2.75) is 31.2 Å². The fourth-order valence-corrected chi connectivity index (χ4v) is 4.26. The number of carbonyl (C=O) groups excluding carboxylic acids is 1. The molecule has 3 rings (SSSR count). The van der Waals surface area contributed by atoms with Gasteiger partial charge in [0.2, 0.25) is 10.0 Å². The third-order valence-electron chi connectivity index (χ3n) is 4.43. The molecule has 0 bridgehead atoms. The van der Waals surface area contributed by atoms with E-state index in [1.807, 2.05) is 30.3 Å². The topological polar surface area (TPSA) is 66.5 Å². The summed E-state index contributed by atoms with van der Waals surface area (Å²) >= 11 is 0. The van der Waals surface area contributed by atoms with Crippen LogP contribution >= 0.6 is 0 Å². The quantitative estimate of drug-likeness (QED) is 0.894. The lowest BCUT2D eigenvalue weighted by atomic mass is 10.1. The number of sulfonamides is 1. The second kappa shape index (κ2) is 7.37. The largest absolute Gasteiger partial charge is 0.339 e. The van der Waals surface area contributed by atoms with Gasteiger partial charge in [-0.15, -0.1) is 0 Å². The van der Waals surface area contributed by atoms with Crippen LogP contribution in [0.1, 0.15) is 34.3 Å². The fraction of sp³-hybridized carbons (Fsp3) is 0.316. The van der Waals surface area contributed by atoms with E-state index in [4.69, 9.17) is 0 Å². The van der Waals surface area contributed by atoms with Crippen molar-refractivity contribution in [2.24, 2.45) is 0 Å². The molecule has 0 aliphatic carbocycles. The van der Waals surface area contributed by atoms with E-state index in [2.05, 4.69) is 4.72 Å². The van der Waals surface area contributed by atoms with E-state index in [1.165, 1.54) is 6.07 Å². The summed E-state index contributed by atoms with van der Waals surface area (Å²) in [5.41, 5.74) is 1.93. The lowest BCUT2D eigenvalue weighted by Gasteiger charge is -2.16. The number of aryl methyl sites for hydroxylation is 1. The number of hydrogen-bond donors (Lipinski definition) is 1. The normalized spacial score (nSPS) is 14.7. The molecule has 25 heavy (non-hydrogen) atoms. The first-order chi connectivity index (χ1) is 12.0. The smallest absolute Gasteiger partial charge is 0.253 e. The fourth-order valence-electron chi connectivity index (χ4n) is 2.98. The molecule has 6 heteroatoms. The zero-order chi connectivity index (χ0) is 17.9. The van der Waals surface area contributed by atoms with Gasteiger partial charge in [0.1, 0.15) is 0 Å². The predicted molar refractivity (Wildman–Crippen MR) is 96.8 cm³/mol. The van der Waals surface area contributed by atoms with E-state index in [9.17, 15) is 13.2 Å². The molecule has 0 saturated carbocycles. The highest BCUT2D eigenvalue weighted by molar-refractivity contribution is 7.89. The number of benzene rings is 2. The average Bonchev–Trinajstić information content (AvgIpc) is 3.15. The minimum absolute atomic E-state index is 0.1000. The van der Waals surface area contributed by atoms with Crippen LogP contribution in [0.4, 0.5) is 0 Å². The van der Waals surface area contributed by atoms with Crippen LogP contribution in [0.5, 0.6) is 0 Å². The summed E-state index contributed by atoms with van der Waals surface area (Å²) in [6, 6.07) is 14.2. The SMILES string of the molecule is Cc1ccc(C(=O)N2CCCC2)cc1S(=O)(=O)NCc1ccccc1. The summed E-state index contributed by atoms with van der Waals surface area (Å²) in [6.45, 7) is 3.43. The van der Waals surface area contributed by atoms with Gasteiger partial charge in [-0.3, -0.25) is 4.79 Å². The molecule has 1 fully saturated rings. The van der Waals surface area contributed by atoms with Crippen LogP contribution < -0.4 is 4.72 Å². The number of nitrogens with one attached hydrogen (secondary N) is 1. The Morgan fingerprint density at radius 1 is 1.08 bits per heavy atom. The summed E-state index contributed by atoms with van der Waals surface area (Å²) in [7, 11) is -3.69. The van der Waals surface area contributed by atoms with Crippen LogP contribution in [0, 0.1) is 6.92 Å². The van der Waals surface area contributed by atoms with E-state index in [-0.39, 0.29) is 17.3 Å². The first-order valence-corrected chi connectivity index (χ1v) is 9.89. The Bertz CT molecular complexity index is 857. The first kappa shape index (κ1) is 17.6. The highest BCUT2D eigenvalue weighted by Gasteiger charge is 2.23. The van der Waals surface area contributed by atoms with Crippen molar-refractivity contribution in [3.8, 4) is 0 Å². The molecule has 2 aromatic rings. The van der Waals surface area contributed by atoms with E-state index < -0.39 is 10.0 Å². The Hall–Kier alpha value is -2.18. The molecular formula is C19H22N2O3S. The highest BCUT2D eigenvalue weighted by atomic mass is 32.2. The van der Waals surface area contributed by atoms with Crippen molar-refractivity contribution >= 4 is 15.9 Å². The van der Waals surface area contributed by atoms with Gasteiger partial charge in [-0.05, 0) is 43.0 Å². The Kier molecular flexibility index (Phi) is 5.20. The lowest BCUT2D eigenvalue weighted by molar-refractivity contribution is 0.0792. The van der Waals surface area contributed by atoms with Gasteiger partial charge < -0.3 is 4.90 Å². The molecule has 0 atom stereocenters. The number of hydrogen-bond acceptors (Lipinski definition) is 3. The molecule has 1 aliphatic rings. The minimum Gasteiger partial charge on any atom is -0.339 e. The van der Waals surface area contributed by atoms with Gasteiger partial charge in [0.25, 0.3) is 5.91 Å². The molecule has 132 valence electrons. The molecule has 5 nitrogen and oxygen atoms in total. The van der Waals surface area contributed by atoms with Gasteiger partial charge in [0.05, 0.1) is 4.90 Å². The molecule has 0 radical (unpaired) electrons. The number of rotatable bonds is 5. The maximum Gasteiger partial charge on any atom is 0.253 e. The molecule has 1 heterocycles. The second-order valence-corrected chi connectivity index (χ2v) is 8.03. The maximum atomic E-state index is 12.7. The van der Waals surface area contributed by atoms with E-state index >= 15 is 0 Å². The van der Waals surface area contributed by atoms with Gasteiger partial charge in [-0.2, -0.15) is 0 Å². The molecule has 1 N–H and O–H groups in total. The molecule has 1 aliphatic heterocycles. The Morgan fingerprint density at radius 2 is 1.76 bits per heavy atom. The Balaban J connectivity index is 1.82. The molecule has 1 saturated heterocycles. The van der Waals surface area contributed by atoms with E-state index in [0.717, 1.165) is 31.5 Å². The number of amides is 1. The average molecular weight is 358 g/mol. The lowest BCUT2D eigenvalue weighted by Crippen LogP contribution is -2.28. The molecule has 2 aromatic carbocycles. The van der Waals surface area contributed by atoms with Crippen molar-refractivity contribution in [3.63, 3.8) is 0 Å². The molecular weight excluding hydrogens is 336 g/mol. The van der Waals surface area contributed by atoms with Gasteiger partial charge in [-0.25, -0.2) is 13.1 Å². The third-order valence-corrected chi connectivity index (χ3v) is 5.97. The zero-order valence-corrected chi connectivity index (χ0v) is 15.1. The molecule has 0 aromatic heterocycles. The summed E-state index contributed by atoms with van der Waals surface area (Å²) in [5, 5.41) is 0. The van der Waals surface area contributed by atoms with Crippen LogP contribution in [0.25, 0.3) is 0 Å². The van der Waals surface area contributed by atoms with Gasteiger partial charge in [0.15, 0.2) is 0 Å². The highest BCUT2D eigenvalue weighted by Crippen LogP contribution is 2.20. The van der Waals surface area contributed by atoms with Crippen LogP contribution in [0.2, 0.25) is 0 Å². The van der Waals surface area contributed by atoms with E-state index in [1.54, 1.807) is 24.0 Å². The number of nitrogens with zero attached hydrogens (tertiary/aromatic N) is 1. The predicted octanol–water partition coefficient (Wildman–Crippen LogP) is 2.71. The van der Waals surface area contributed by atoms with Crippen molar-refractivity contribution in [2.75, 3.05) is 13.1 Å². The van der Waals surface area contributed by atoms with Crippen LogP contribution in [-0.4, -0.2) is 32.3 Å². The van der Waals surface area contributed by atoms with Crippen molar-refractivity contribution in [3.05, 3.63) is 65.2 Å². The van der Waals surface area contributed by atoms with Crippen LogP contribution in [0.15, 0.2) is 53.4 Å². The first-order valence-electron chi connectivity index (χ1n) is 8.41. The van der Waals surface area contributed by atoms with Gasteiger partial charge >= 0.3 is 0 Å². The van der Waals surface area contributed by atoms with E-state index in [0.29, 0.717) is 11.1 Å². The maximum absolute atomic E-state index is 12.7. The summed E-state index contributed by atoms with van der Waals surface area (Å²) in [4.78, 5) is 14.5. The number of carbonyl (C=O) groups is 1.